The van der Waals surface area contributed by atoms with Gasteiger partial charge in [0.25, 0.3) is 10.0 Å². The Morgan fingerprint density at radius 3 is 2.38 bits per heavy atom. The van der Waals surface area contributed by atoms with Crippen LogP contribution in [0.1, 0.15) is 5.56 Å². The van der Waals surface area contributed by atoms with Gasteiger partial charge in [0.2, 0.25) is 0 Å². The molecule has 0 aliphatic rings. The van der Waals surface area contributed by atoms with Gasteiger partial charge in [0.15, 0.2) is 0 Å². The molecule has 0 fully saturated rings. The van der Waals surface area contributed by atoms with Gasteiger partial charge in [-0.05, 0) is 65.4 Å². The molecule has 2 aromatic carbocycles. The molecule has 0 unspecified atom stereocenters. The highest BCUT2D eigenvalue weighted by molar-refractivity contribution is 14.1. The number of hydrogen-bond donors (Lipinski definition) is 2. The second kappa shape index (κ2) is 6.20. The van der Waals surface area contributed by atoms with Crippen LogP contribution < -0.4 is 10.5 Å². The molecule has 8 heteroatoms. The molecule has 0 bridgehead atoms. The van der Waals surface area contributed by atoms with Crippen LogP contribution in [0.4, 0.5) is 11.4 Å². The minimum absolute atomic E-state index is 0.00906. The molecule has 2 rings (SSSR count). The molecule has 0 spiro atoms. The summed E-state index contributed by atoms with van der Waals surface area (Å²) in [6.45, 7) is 1.72. The molecule has 0 aromatic heterocycles. The summed E-state index contributed by atoms with van der Waals surface area (Å²) in [7, 11) is -3.81. The van der Waals surface area contributed by atoms with Crippen LogP contribution in [-0.4, -0.2) is 8.42 Å². The van der Waals surface area contributed by atoms with E-state index in [-0.39, 0.29) is 4.90 Å². The number of nitrogens with one attached hydrogen (secondary N) is 1. The maximum Gasteiger partial charge on any atom is 0.262 e. The first-order valence-electron chi connectivity index (χ1n) is 5.74. The molecule has 0 atom stereocenters. The van der Waals surface area contributed by atoms with E-state index in [1.54, 1.807) is 25.1 Å². The van der Waals surface area contributed by atoms with Crippen LogP contribution in [0.5, 0.6) is 0 Å². The molecule has 0 heterocycles. The lowest BCUT2D eigenvalue weighted by atomic mass is 10.2. The fourth-order valence-corrected chi connectivity index (χ4v) is 4.00. The number of benzene rings is 2. The Morgan fingerprint density at radius 1 is 1.14 bits per heavy atom. The predicted octanol–water partition coefficient (Wildman–Crippen LogP) is 4.29. The average Bonchev–Trinajstić information content (AvgIpc) is 2.38. The highest BCUT2D eigenvalue weighted by Crippen LogP contribution is 2.29. The molecule has 0 saturated heterocycles. The first kappa shape index (κ1) is 16.7. The van der Waals surface area contributed by atoms with Gasteiger partial charge in [-0.15, -0.1) is 0 Å². The zero-order valence-electron chi connectivity index (χ0n) is 10.8. The zero-order chi connectivity index (χ0) is 15.8. The Hall–Kier alpha value is -0.700. The largest absolute Gasteiger partial charge is 0.398 e. The van der Waals surface area contributed by atoms with Crippen molar-refractivity contribution in [3.63, 3.8) is 0 Å². The van der Waals surface area contributed by atoms with E-state index in [0.717, 1.165) is 3.57 Å². The van der Waals surface area contributed by atoms with Crippen LogP contribution in [0.15, 0.2) is 35.2 Å². The van der Waals surface area contributed by atoms with E-state index in [4.69, 9.17) is 28.9 Å². The van der Waals surface area contributed by atoms with Gasteiger partial charge in [0.1, 0.15) is 0 Å². The third kappa shape index (κ3) is 3.74. The number of sulfonamides is 1. The molecular weight excluding hydrogens is 446 g/mol. The summed E-state index contributed by atoms with van der Waals surface area (Å²) in [5.41, 5.74) is 7.01. The monoisotopic (exact) mass is 456 g/mol. The average molecular weight is 457 g/mol. The lowest BCUT2D eigenvalue weighted by Gasteiger charge is -2.12. The Morgan fingerprint density at radius 2 is 1.81 bits per heavy atom. The second-order valence-corrected chi connectivity index (χ2v) is 8.09. The molecule has 3 N–H and O–H groups in total. The van der Waals surface area contributed by atoms with Crippen molar-refractivity contribution in [1.82, 2.24) is 0 Å². The van der Waals surface area contributed by atoms with Crippen LogP contribution in [0.3, 0.4) is 0 Å². The Bertz CT molecular complexity index is 787. The van der Waals surface area contributed by atoms with E-state index in [1.165, 1.54) is 12.1 Å². The van der Waals surface area contributed by atoms with E-state index in [0.29, 0.717) is 27.0 Å². The fraction of sp³-hybridized carbons (Fsp3) is 0.0769. The summed E-state index contributed by atoms with van der Waals surface area (Å²) in [4.78, 5) is -0.00906. The first-order valence-corrected chi connectivity index (χ1v) is 9.06. The van der Waals surface area contributed by atoms with Crippen molar-refractivity contribution >= 4 is 67.2 Å². The predicted molar refractivity (Wildman–Crippen MR) is 95.6 cm³/mol. The number of rotatable bonds is 3. The quantitative estimate of drug-likeness (QED) is 0.534. The summed E-state index contributed by atoms with van der Waals surface area (Å²) >= 11 is 14.1. The van der Waals surface area contributed by atoms with Crippen molar-refractivity contribution in [3.8, 4) is 0 Å². The minimum atomic E-state index is -3.81. The van der Waals surface area contributed by atoms with Crippen LogP contribution in [0.2, 0.25) is 10.0 Å². The van der Waals surface area contributed by atoms with Crippen LogP contribution in [-0.2, 0) is 10.0 Å². The Labute approximate surface area is 146 Å². The van der Waals surface area contributed by atoms with Crippen LogP contribution in [0.25, 0.3) is 0 Å². The molecule has 0 radical (unpaired) electrons. The van der Waals surface area contributed by atoms with Gasteiger partial charge in [0, 0.05) is 14.3 Å². The molecule has 0 aliphatic heterocycles. The molecule has 0 saturated carbocycles. The first-order chi connectivity index (χ1) is 9.70. The van der Waals surface area contributed by atoms with Gasteiger partial charge in [0.05, 0.1) is 15.6 Å². The SMILES string of the molecule is Cc1c(N)cc(S(=O)(=O)Nc2ccc(I)cc2Cl)cc1Cl. The number of anilines is 2. The second-order valence-electron chi connectivity index (χ2n) is 4.35. The minimum Gasteiger partial charge on any atom is -0.398 e. The highest BCUT2D eigenvalue weighted by Gasteiger charge is 2.18. The van der Waals surface area contributed by atoms with E-state index in [1.807, 2.05) is 0 Å². The molecular formula is C13H11Cl2IN2O2S. The Kier molecular flexibility index (Phi) is 4.92. The number of halogens is 3. The lowest BCUT2D eigenvalue weighted by Crippen LogP contribution is -2.14. The van der Waals surface area contributed by atoms with Crippen molar-refractivity contribution in [2.45, 2.75) is 11.8 Å². The molecule has 21 heavy (non-hydrogen) atoms. The molecule has 0 amide bonds. The zero-order valence-corrected chi connectivity index (χ0v) is 15.3. The third-order valence-electron chi connectivity index (χ3n) is 2.84. The van der Waals surface area contributed by atoms with Gasteiger partial charge in [-0.1, -0.05) is 23.2 Å². The molecule has 112 valence electrons. The van der Waals surface area contributed by atoms with E-state index in [2.05, 4.69) is 27.3 Å². The van der Waals surface area contributed by atoms with Gasteiger partial charge in [-0.2, -0.15) is 0 Å². The number of nitrogens with two attached hydrogens (primary N) is 1. The summed E-state index contributed by atoms with van der Waals surface area (Å²) in [5.74, 6) is 0. The Balaban J connectivity index is 2.43. The molecule has 4 nitrogen and oxygen atoms in total. The van der Waals surface area contributed by atoms with Gasteiger partial charge >= 0.3 is 0 Å². The van der Waals surface area contributed by atoms with E-state index >= 15 is 0 Å². The maximum absolute atomic E-state index is 12.4. The smallest absolute Gasteiger partial charge is 0.262 e. The van der Waals surface area contributed by atoms with Gasteiger partial charge < -0.3 is 5.73 Å². The van der Waals surface area contributed by atoms with Gasteiger partial charge in [-0.25, -0.2) is 8.42 Å². The summed E-state index contributed by atoms with van der Waals surface area (Å²) < 4.78 is 28.1. The van der Waals surface area contributed by atoms with Crippen LogP contribution >= 0.6 is 45.8 Å². The maximum atomic E-state index is 12.4. The van der Waals surface area contributed by atoms with E-state index < -0.39 is 10.0 Å². The summed E-state index contributed by atoms with van der Waals surface area (Å²) in [6.07, 6.45) is 0. The number of hydrogen-bond acceptors (Lipinski definition) is 3. The summed E-state index contributed by atoms with van der Waals surface area (Å²) in [6, 6.07) is 7.73. The lowest BCUT2D eigenvalue weighted by molar-refractivity contribution is 0.601. The van der Waals surface area contributed by atoms with Gasteiger partial charge in [-0.3, -0.25) is 4.72 Å². The highest BCUT2D eigenvalue weighted by atomic mass is 127. The van der Waals surface area contributed by atoms with Crippen molar-refractivity contribution in [3.05, 3.63) is 49.5 Å². The van der Waals surface area contributed by atoms with Crippen molar-refractivity contribution in [1.29, 1.82) is 0 Å². The standard InChI is InChI=1S/C13H11Cl2IN2O2S/c1-7-10(14)5-9(6-12(7)17)21(19,20)18-13-3-2-8(16)4-11(13)15/h2-6,18H,17H2,1H3. The topological polar surface area (TPSA) is 72.2 Å². The molecule has 0 aliphatic carbocycles. The van der Waals surface area contributed by atoms with Crippen LogP contribution in [0, 0.1) is 10.5 Å². The molecule has 2 aromatic rings. The normalized spacial score (nSPS) is 11.4. The number of nitrogen functional groups attached to an aromatic ring is 1. The van der Waals surface area contributed by atoms with Crippen molar-refractivity contribution < 1.29 is 8.42 Å². The van der Waals surface area contributed by atoms with E-state index in [9.17, 15) is 8.42 Å². The van der Waals surface area contributed by atoms with Crippen molar-refractivity contribution in [2.24, 2.45) is 0 Å². The van der Waals surface area contributed by atoms with Crippen molar-refractivity contribution in [2.75, 3.05) is 10.5 Å². The third-order valence-corrected chi connectivity index (χ3v) is 5.56. The fourth-order valence-electron chi connectivity index (χ4n) is 1.61. The summed E-state index contributed by atoms with van der Waals surface area (Å²) in [5, 5.41) is 0.612.